The summed E-state index contributed by atoms with van der Waals surface area (Å²) in [7, 11) is 0. The Morgan fingerprint density at radius 3 is 2.41 bits per heavy atom. The fourth-order valence-electron chi connectivity index (χ4n) is 2.09. The first-order chi connectivity index (χ1) is 10.7. The van der Waals surface area contributed by atoms with E-state index in [4.69, 9.17) is 9.15 Å². The molecule has 0 unspecified atom stereocenters. The lowest BCUT2D eigenvalue weighted by Gasteiger charge is -2.24. The molecule has 0 radical (unpaired) electrons. The van der Waals surface area contributed by atoms with E-state index < -0.39 is 0 Å². The molecular weight excluding hydrogens is 280 g/mol. The molecule has 1 aliphatic heterocycles. The average molecular weight is 304 g/mol. The van der Waals surface area contributed by atoms with E-state index in [-0.39, 0.29) is 0 Å². The van der Waals surface area contributed by atoms with E-state index in [0.29, 0.717) is 31.0 Å². The quantitative estimate of drug-likeness (QED) is 0.868. The first-order valence-corrected chi connectivity index (χ1v) is 7.86. The van der Waals surface area contributed by atoms with Crippen molar-refractivity contribution in [3.8, 4) is 11.5 Å². The van der Waals surface area contributed by atoms with Crippen molar-refractivity contribution >= 4 is 6.01 Å². The minimum absolute atomic E-state index is 0.413. The third kappa shape index (κ3) is 3.82. The van der Waals surface area contributed by atoms with E-state index >= 15 is 0 Å². The second kappa shape index (κ2) is 7.89. The number of anilines is 1. The molecule has 0 spiro atoms. The fraction of sp³-hybridized carbons (Fsp3) is 0.562. The van der Waals surface area contributed by atoms with Crippen LogP contribution in [0.1, 0.15) is 39.3 Å². The highest BCUT2D eigenvalue weighted by atomic mass is 16.5. The maximum atomic E-state index is 5.72. The van der Waals surface area contributed by atoms with Crippen LogP contribution in [0, 0.1) is 0 Å². The van der Waals surface area contributed by atoms with Gasteiger partial charge in [-0.05, 0) is 18.1 Å². The van der Waals surface area contributed by atoms with Crippen molar-refractivity contribution in [2.75, 3.05) is 31.2 Å². The topological polar surface area (TPSA) is 64.3 Å². The van der Waals surface area contributed by atoms with Crippen molar-refractivity contribution in [1.82, 2.24) is 15.2 Å². The first kappa shape index (κ1) is 16.4. The van der Waals surface area contributed by atoms with Crippen molar-refractivity contribution in [3.05, 3.63) is 24.0 Å². The number of morpholine rings is 1. The molecule has 1 fully saturated rings. The molecular formula is C16H24N4O2. The summed E-state index contributed by atoms with van der Waals surface area (Å²) in [4.78, 5) is 6.45. The molecule has 0 aliphatic carbocycles. The number of pyridine rings is 1. The van der Waals surface area contributed by atoms with Crippen molar-refractivity contribution in [1.29, 1.82) is 0 Å². The Labute approximate surface area is 131 Å². The molecule has 0 saturated carbocycles. The molecule has 1 saturated heterocycles. The normalized spacial score (nSPS) is 14.7. The molecule has 0 N–H and O–H groups in total. The van der Waals surface area contributed by atoms with Crippen molar-refractivity contribution in [2.24, 2.45) is 0 Å². The number of hydrogen-bond donors (Lipinski definition) is 0. The Morgan fingerprint density at radius 2 is 1.82 bits per heavy atom. The van der Waals surface area contributed by atoms with E-state index in [1.54, 1.807) is 6.20 Å². The minimum Gasteiger partial charge on any atom is -0.403 e. The zero-order chi connectivity index (χ0) is 15.9. The molecule has 0 aromatic carbocycles. The average Bonchev–Trinajstić information content (AvgIpc) is 3.08. The van der Waals surface area contributed by atoms with Crippen LogP contribution in [0.2, 0.25) is 0 Å². The van der Waals surface area contributed by atoms with E-state index in [2.05, 4.69) is 29.0 Å². The molecule has 0 amide bonds. The zero-order valence-corrected chi connectivity index (χ0v) is 13.7. The number of rotatable bonds is 3. The van der Waals surface area contributed by atoms with Gasteiger partial charge in [0.25, 0.3) is 5.89 Å². The largest absolute Gasteiger partial charge is 0.403 e. The predicted molar refractivity (Wildman–Crippen MR) is 86.0 cm³/mol. The van der Waals surface area contributed by atoms with Crippen molar-refractivity contribution in [2.45, 2.75) is 33.6 Å². The highest BCUT2D eigenvalue weighted by molar-refractivity contribution is 5.52. The molecule has 6 nitrogen and oxygen atoms in total. The van der Waals surface area contributed by atoms with Gasteiger partial charge in [-0.1, -0.05) is 32.8 Å². The summed E-state index contributed by atoms with van der Waals surface area (Å²) < 4.78 is 11.0. The molecule has 2 aromatic heterocycles. The van der Waals surface area contributed by atoms with E-state index in [0.717, 1.165) is 24.3 Å². The van der Waals surface area contributed by atoms with Crippen LogP contribution in [0.4, 0.5) is 6.01 Å². The van der Waals surface area contributed by atoms with Crippen molar-refractivity contribution in [3.63, 3.8) is 0 Å². The second-order valence-corrected chi connectivity index (χ2v) is 5.12. The molecule has 2 aromatic rings. The van der Waals surface area contributed by atoms with Crippen LogP contribution in [0.3, 0.4) is 0 Å². The molecule has 22 heavy (non-hydrogen) atoms. The lowest BCUT2D eigenvalue weighted by atomic mass is 10.1. The van der Waals surface area contributed by atoms with Gasteiger partial charge in [0.15, 0.2) is 0 Å². The summed E-state index contributed by atoms with van der Waals surface area (Å²) in [5.74, 6) is 0.921. The van der Waals surface area contributed by atoms with Crippen LogP contribution < -0.4 is 4.90 Å². The van der Waals surface area contributed by atoms with Crippen LogP contribution in [0.15, 0.2) is 22.7 Å². The van der Waals surface area contributed by atoms with Crippen LogP contribution in [-0.2, 0) is 4.74 Å². The Balaban J connectivity index is 0.000000847. The van der Waals surface area contributed by atoms with Gasteiger partial charge in [-0.15, -0.1) is 5.10 Å². The van der Waals surface area contributed by atoms with Crippen molar-refractivity contribution < 1.29 is 9.15 Å². The predicted octanol–water partition coefficient (Wildman–Crippen LogP) is 3.12. The summed E-state index contributed by atoms with van der Waals surface area (Å²) in [6.45, 7) is 11.2. The standard InChI is InChI=1S/C14H18N4O2.C2H6/c1-10(2)12-4-3-11(9-15-12)13-16-17-14(20-13)18-5-7-19-8-6-18;1-2/h3-4,9-10H,5-8H2,1-2H3;1-2H3. The molecule has 3 heterocycles. The monoisotopic (exact) mass is 304 g/mol. The highest BCUT2D eigenvalue weighted by Gasteiger charge is 2.18. The van der Waals surface area contributed by atoms with E-state index in [1.165, 1.54) is 0 Å². The molecule has 1 aliphatic rings. The van der Waals surface area contributed by atoms with Gasteiger partial charge >= 0.3 is 6.01 Å². The van der Waals surface area contributed by atoms with Gasteiger partial charge in [0.1, 0.15) is 0 Å². The fourth-order valence-corrected chi connectivity index (χ4v) is 2.09. The van der Waals surface area contributed by atoms with Gasteiger partial charge in [0.05, 0.1) is 18.8 Å². The number of nitrogens with zero attached hydrogens (tertiary/aromatic N) is 4. The van der Waals surface area contributed by atoms with E-state index in [1.807, 2.05) is 30.9 Å². The maximum Gasteiger partial charge on any atom is 0.318 e. The zero-order valence-electron chi connectivity index (χ0n) is 13.7. The lowest BCUT2D eigenvalue weighted by Crippen LogP contribution is -2.36. The molecule has 0 atom stereocenters. The molecule has 120 valence electrons. The van der Waals surface area contributed by atoms with Crippen LogP contribution in [-0.4, -0.2) is 41.5 Å². The summed E-state index contributed by atoms with van der Waals surface area (Å²) in [6.07, 6.45) is 1.78. The maximum absolute atomic E-state index is 5.72. The summed E-state index contributed by atoms with van der Waals surface area (Å²) in [5, 5.41) is 8.20. The molecule has 6 heteroatoms. The highest BCUT2D eigenvalue weighted by Crippen LogP contribution is 2.23. The molecule has 0 bridgehead atoms. The number of hydrogen-bond acceptors (Lipinski definition) is 6. The van der Waals surface area contributed by atoms with Gasteiger partial charge in [0, 0.05) is 25.0 Å². The van der Waals surface area contributed by atoms with Crippen LogP contribution in [0.5, 0.6) is 0 Å². The SMILES string of the molecule is CC.CC(C)c1ccc(-c2nnc(N3CCOCC3)o2)cn1. The lowest BCUT2D eigenvalue weighted by molar-refractivity contribution is 0.120. The smallest absolute Gasteiger partial charge is 0.318 e. The Bertz CT molecular complexity index is 560. The van der Waals surface area contributed by atoms with Crippen LogP contribution >= 0.6 is 0 Å². The Hall–Kier alpha value is -1.95. The van der Waals surface area contributed by atoms with Gasteiger partial charge < -0.3 is 14.1 Å². The second-order valence-electron chi connectivity index (χ2n) is 5.12. The van der Waals surface area contributed by atoms with Gasteiger partial charge in [-0.2, -0.15) is 0 Å². The van der Waals surface area contributed by atoms with E-state index in [9.17, 15) is 0 Å². The molecule has 3 rings (SSSR count). The van der Waals surface area contributed by atoms with Gasteiger partial charge in [-0.3, -0.25) is 4.98 Å². The minimum atomic E-state index is 0.413. The van der Waals surface area contributed by atoms with Crippen LogP contribution in [0.25, 0.3) is 11.5 Å². The summed E-state index contributed by atoms with van der Waals surface area (Å²) >= 11 is 0. The van der Waals surface area contributed by atoms with Gasteiger partial charge in [-0.25, -0.2) is 0 Å². The number of ether oxygens (including phenoxy) is 1. The third-order valence-electron chi connectivity index (χ3n) is 3.32. The first-order valence-electron chi connectivity index (χ1n) is 7.86. The number of aromatic nitrogens is 3. The third-order valence-corrected chi connectivity index (χ3v) is 3.32. The Morgan fingerprint density at radius 1 is 1.09 bits per heavy atom. The summed E-state index contributed by atoms with van der Waals surface area (Å²) in [6, 6.07) is 4.52. The van der Waals surface area contributed by atoms with Gasteiger partial charge in [0.2, 0.25) is 0 Å². The summed E-state index contributed by atoms with van der Waals surface area (Å²) in [5.41, 5.74) is 1.91. The Kier molecular flexibility index (Phi) is 5.89.